The van der Waals surface area contributed by atoms with Crippen molar-refractivity contribution in [3.8, 4) is 0 Å². The predicted molar refractivity (Wildman–Crippen MR) is 89.3 cm³/mol. The molecule has 0 bridgehead atoms. The summed E-state index contributed by atoms with van der Waals surface area (Å²) in [6.07, 6.45) is 3.89. The molecule has 0 radical (unpaired) electrons. The lowest BCUT2D eigenvalue weighted by Crippen LogP contribution is -2.48. The summed E-state index contributed by atoms with van der Waals surface area (Å²) in [7, 11) is 0. The molecule has 0 aromatic carbocycles. The highest BCUT2D eigenvalue weighted by Crippen LogP contribution is 2.31. The molecule has 3 amide bonds. The number of furan rings is 1. The van der Waals surface area contributed by atoms with Crippen LogP contribution in [-0.2, 0) is 11.3 Å². The molecule has 1 unspecified atom stereocenters. The molecule has 1 aromatic heterocycles. The number of nitrogens with one attached hydrogen (secondary N) is 2. The molecule has 2 aliphatic rings. The Bertz CT molecular complexity index is 587. The number of amides is 3. The van der Waals surface area contributed by atoms with Crippen molar-refractivity contribution in [2.45, 2.75) is 32.9 Å². The van der Waals surface area contributed by atoms with Gasteiger partial charge >= 0.3 is 6.03 Å². The predicted octanol–water partition coefficient (Wildman–Crippen LogP) is 1.02. The van der Waals surface area contributed by atoms with Crippen LogP contribution in [0.2, 0.25) is 0 Å². The first kappa shape index (κ1) is 16.8. The number of hydrogen-bond donors (Lipinski definition) is 2. The van der Waals surface area contributed by atoms with Gasteiger partial charge in [-0.3, -0.25) is 9.69 Å². The lowest BCUT2D eigenvalue weighted by molar-refractivity contribution is -0.119. The van der Waals surface area contributed by atoms with Gasteiger partial charge in [0.05, 0.1) is 12.5 Å². The zero-order valence-corrected chi connectivity index (χ0v) is 14.4. The Morgan fingerprint density at radius 3 is 2.88 bits per heavy atom. The fourth-order valence-electron chi connectivity index (χ4n) is 3.61. The van der Waals surface area contributed by atoms with Crippen molar-refractivity contribution >= 4 is 11.9 Å². The fourth-order valence-corrected chi connectivity index (χ4v) is 3.61. The third-order valence-electron chi connectivity index (χ3n) is 4.65. The van der Waals surface area contributed by atoms with E-state index in [9.17, 15) is 9.59 Å². The summed E-state index contributed by atoms with van der Waals surface area (Å²) in [5.74, 6) is 0.0735. The minimum atomic E-state index is -0.217. The van der Waals surface area contributed by atoms with E-state index in [1.807, 2.05) is 24.8 Å². The summed E-state index contributed by atoms with van der Waals surface area (Å²) in [5, 5.41) is 5.91. The maximum absolute atomic E-state index is 12.5. The molecule has 1 spiro atoms. The van der Waals surface area contributed by atoms with Gasteiger partial charge in [0.15, 0.2) is 0 Å². The van der Waals surface area contributed by atoms with E-state index in [-0.39, 0.29) is 23.4 Å². The molecule has 3 rings (SSSR count). The molecule has 2 fully saturated rings. The van der Waals surface area contributed by atoms with Crippen LogP contribution >= 0.6 is 0 Å². The van der Waals surface area contributed by atoms with Gasteiger partial charge in [-0.05, 0) is 19.9 Å². The Kier molecular flexibility index (Phi) is 4.80. The van der Waals surface area contributed by atoms with Crippen LogP contribution in [0.5, 0.6) is 0 Å². The van der Waals surface area contributed by atoms with E-state index >= 15 is 0 Å². The average Bonchev–Trinajstić information content (AvgIpc) is 3.08. The van der Waals surface area contributed by atoms with Gasteiger partial charge in [0.1, 0.15) is 0 Å². The Labute approximate surface area is 142 Å². The zero-order valence-electron chi connectivity index (χ0n) is 14.4. The van der Waals surface area contributed by atoms with E-state index in [4.69, 9.17) is 4.42 Å². The van der Waals surface area contributed by atoms with Crippen LogP contribution in [0.4, 0.5) is 4.79 Å². The van der Waals surface area contributed by atoms with Gasteiger partial charge in [-0.15, -0.1) is 0 Å². The highest BCUT2D eigenvalue weighted by Gasteiger charge is 2.43. The van der Waals surface area contributed by atoms with Gasteiger partial charge in [0, 0.05) is 62.7 Å². The lowest BCUT2D eigenvalue weighted by atomic mass is 9.86. The number of rotatable bonds is 3. The maximum atomic E-state index is 12.5. The van der Waals surface area contributed by atoms with Crippen LogP contribution in [0.1, 0.15) is 25.8 Å². The molecule has 2 N–H and O–H groups in total. The molecule has 2 saturated heterocycles. The molecule has 0 saturated carbocycles. The number of urea groups is 1. The maximum Gasteiger partial charge on any atom is 0.317 e. The number of carbonyl (C=O) groups excluding carboxylic acids is 2. The van der Waals surface area contributed by atoms with Gasteiger partial charge in [-0.25, -0.2) is 4.79 Å². The van der Waals surface area contributed by atoms with Crippen LogP contribution in [0.3, 0.4) is 0 Å². The van der Waals surface area contributed by atoms with Crippen molar-refractivity contribution in [1.29, 1.82) is 0 Å². The number of nitrogens with zero attached hydrogens (tertiary/aromatic N) is 2. The Morgan fingerprint density at radius 2 is 2.25 bits per heavy atom. The second kappa shape index (κ2) is 6.84. The van der Waals surface area contributed by atoms with Crippen molar-refractivity contribution < 1.29 is 14.0 Å². The van der Waals surface area contributed by atoms with E-state index in [1.54, 1.807) is 12.5 Å². The third-order valence-corrected chi connectivity index (χ3v) is 4.65. The van der Waals surface area contributed by atoms with Crippen LogP contribution in [0.15, 0.2) is 23.0 Å². The van der Waals surface area contributed by atoms with Crippen LogP contribution < -0.4 is 10.6 Å². The van der Waals surface area contributed by atoms with Crippen LogP contribution in [0.25, 0.3) is 0 Å². The largest absolute Gasteiger partial charge is 0.472 e. The van der Waals surface area contributed by atoms with Gasteiger partial charge in [-0.1, -0.05) is 0 Å². The SMILES string of the molecule is CC(C)NC(=O)N1CCN(Cc2ccoc2)CC2(CNC(=O)C2)C1. The summed E-state index contributed by atoms with van der Waals surface area (Å²) in [6, 6.07) is 2.01. The first-order valence-corrected chi connectivity index (χ1v) is 8.51. The average molecular weight is 334 g/mol. The van der Waals surface area contributed by atoms with Crippen LogP contribution in [-0.4, -0.2) is 60.5 Å². The molecule has 132 valence electrons. The second-order valence-corrected chi connectivity index (χ2v) is 7.32. The molecule has 1 aromatic rings. The summed E-state index contributed by atoms with van der Waals surface area (Å²) in [5.41, 5.74) is 0.897. The van der Waals surface area contributed by atoms with Gasteiger partial charge < -0.3 is 20.0 Å². The van der Waals surface area contributed by atoms with E-state index < -0.39 is 0 Å². The molecular formula is C17H26N4O3. The lowest BCUT2D eigenvalue weighted by Gasteiger charge is -2.33. The molecule has 7 nitrogen and oxygen atoms in total. The van der Waals surface area contributed by atoms with Crippen molar-refractivity contribution in [2.75, 3.05) is 32.7 Å². The third kappa shape index (κ3) is 3.90. The van der Waals surface area contributed by atoms with Gasteiger partial charge in [0.2, 0.25) is 5.91 Å². The topological polar surface area (TPSA) is 77.8 Å². The summed E-state index contributed by atoms with van der Waals surface area (Å²) in [4.78, 5) is 28.5. The fraction of sp³-hybridized carbons (Fsp3) is 0.647. The quantitative estimate of drug-likeness (QED) is 0.865. The molecule has 0 aliphatic carbocycles. The summed E-state index contributed by atoms with van der Waals surface area (Å²) < 4.78 is 5.16. The van der Waals surface area contributed by atoms with Crippen molar-refractivity contribution in [2.24, 2.45) is 5.41 Å². The Hall–Kier alpha value is -2.02. The van der Waals surface area contributed by atoms with Crippen LogP contribution in [0, 0.1) is 5.41 Å². The van der Waals surface area contributed by atoms with E-state index in [0.29, 0.717) is 26.1 Å². The van der Waals surface area contributed by atoms with E-state index in [2.05, 4.69) is 15.5 Å². The molecular weight excluding hydrogens is 308 g/mol. The minimum absolute atomic E-state index is 0.0473. The van der Waals surface area contributed by atoms with Crippen molar-refractivity contribution in [3.63, 3.8) is 0 Å². The zero-order chi connectivity index (χ0) is 17.2. The molecule has 7 heteroatoms. The molecule has 24 heavy (non-hydrogen) atoms. The first-order valence-electron chi connectivity index (χ1n) is 8.51. The van der Waals surface area contributed by atoms with Crippen molar-refractivity contribution in [1.82, 2.24) is 20.4 Å². The minimum Gasteiger partial charge on any atom is -0.472 e. The number of hydrogen-bond acceptors (Lipinski definition) is 4. The van der Waals surface area contributed by atoms with E-state index in [1.165, 1.54) is 0 Å². The molecule has 2 aliphatic heterocycles. The highest BCUT2D eigenvalue weighted by molar-refractivity contribution is 5.80. The summed E-state index contributed by atoms with van der Waals surface area (Å²) >= 11 is 0. The standard InChI is InChI=1S/C17H26N4O3/c1-13(2)19-16(23)21-5-4-20(8-14-3-6-24-9-14)11-17(12-21)7-15(22)18-10-17/h3,6,9,13H,4-5,7-8,10-12H2,1-2H3,(H,18,22)(H,19,23). The normalized spacial score (nSPS) is 25.1. The van der Waals surface area contributed by atoms with E-state index in [0.717, 1.165) is 25.2 Å². The first-order chi connectivity index (χ1) is 11.5. The Morgan fingerprint density at radius 1 is 1.42 bits per heavy atom. The second-order valence-electron chi connectivity index (χ2n) is 7.32. The van der Waals surface area contributed by atoms with Gasteiger partial charge in [-0.2, -0.15) is 0 Å². The molecule has 1 atom stereocenters. The monoisotopic (exact) mass is 334 g/mol. The smallest absolute Gasteiger partial charge is 0.317 e. The molecule has 3 heterocycles. The number of carbonyl (C=O) groups is 2. The Balaban J connectivity index is 1.75. The van der Waals surface area contributed by atoms with Gasteiger partial charge in [0.25, 0.3) is 0 Å². The summed E-state index contributed by atoms with van der Waals surface area (Å²) in [6.45, 7) is 8.15. The highest BCUT2D eigenvalue weighted by atomic mass is 16.3. The van der Waals surface area contributed by atoms with Crippen molar-refractivity contribution in [3.05, 3.63) is 24.2 Å².